The highest BCUT2D eigenvalue weighted by Gasteiger charge is 2.67. The molecular formula is C23H30N4O4. The van der Waals surface area contributed by atoms with Gasteiger partial charge in [0.15, 0.2) is 0 Å². The van der Waals surface area contributed by atoms with Crippen molar-refractivity contribution >= 4 is 11.8 Å². The van der Waals surface area contributed by atoms with Crippen LogP contribution in [0.3, 0.4) is 0 Å². The van der Waals surface area contributed by atoms with E-state index >= 15 is 0 Å². The lowest BCUT2D eigenvalue weighted by Gasteiger charge is -2.29. The molecule has 31 heavy (non-hydrogen) atoms. The fourth-order valence-electron chi connectivity index (χ4n) is 5.59. The fraction of sp³-hybridized carbons (Fsp3) is 0.565. The molecule has 0 radical (unpaired) electrons. The molecule has 0 saturated carbocycles. The highest BCUT2D eigenvalue weighted by molar-refractivity contribution is 5.93. The molecule has 3 fully saturated rings. The van der Waals surface area contributed by atoms with Crippen molar-refractivity contribution < 1.29 is 19.1 Å². The predicted octanol–water partition coefficient (Wildman–Crippen LogP) is 0.691. The Morgan fingerprint density at radius 2 is 2.23 bits per heavy atom. The van der Waals surface area contributed by atoms with E-state index in [-0.39, 0.29) is 24.0 Å². The Hall–Kier alpha value is -2.42. The number of ether oxygens (including phenoxy) is 2. The number of methoxy groups -OCH3 is 1. The maximum atomic E-state index is 13.4. The van der Waals surface area contributed by atoms with E-state index in [1.807, 2.05) is 48.4 Å². The summed E-state index contributed by atoms with van der Waals surface area (Å²) in [4.78, 5) is 30.4. The predicted molar refractivity (Wildman–Crippen MR) is 114 cm³/mol. The summed E-state index contributed by atoms with van der Waals surface area (Å²) in [6.07, 6.45) is 4.60. The molecule has 1 spiro atoms. The van der Waals surface area contributed by atoms with E-state index in [1.54, 1.807) is 12.0 Å². The average Bonchev–Trinajstić information content (AvgIpc) is 3.50. The van der Waals surface area contributed by atoms with Crippen molar-refractivity contribution in [3.8, 4) is 5.75 Å². The van der Waals surface area contributed by atoms with Crippen LogP contribution in [0.4, 0.5) is 0 Å². The van der Waals surface area contributed by atoms with Gasteiger partial charge in [-0.25, -0.2) is 0 Å². The second-order valence-electron chi connectivity index (χ2n) is 9.29. The molecule has 2 amide bonds. The van der Waals surface area contributed by atoms with E-state index in [4.69, 9.17) is 9.47 Å². The van der Waals surface area contributed by atoms with Crippen LogP contribution in [0.25, 0.3) is 0 Å². The lowest BCUT2D eigenvalue weighted by atomic mass is 9.76. The monoisotopic (exact) mass is 426 g/mol. The molecule has 1 aromatic carbocycles. The Kier molecular flexibility index (Phi) is 5.03. The van der Waals surface area contributed by atoms with Gasteiger partial charge in [-0.05, 0) is 31.0 Å². The second kappa shape index (κ2) is 7.62. The van der Waals surface area contributed by atoms with Crippen LogP contribution in [0, 0.1) is 11.8 Å². The summed E-state index contributed by atoms with van der Waals surface area (Å²) in [5.74, 6) is -0.185. The molecule has 8 nitrogen and oxygen atoms in total. The highest BCUT2D eigenvalue weighted by atomic mass is 16.5. The number of carbonyl (C=O) groups is 2. The van der Waals surface area contributed by atoms with Gasteiger partial charge in [0.05, 0.1) is 31.6 Å². The van der Waals surface area contributed by atoms with Crippen molar-refractivity contribution in [3.05, 3.63) is 42.0 Å². The quantitative estimate of drug-likeness (QED) is 0.652. The van der Waals surface area contributed by atoms with Crippen molar-refractivity contribution in [2.24, 2.45) is 11.8 Å². The first-order chi connectivity index (χ1) is 14.9. The third-order valence-corrected chi connectivity index (χ3v) is 7.01. The summed E-state index contributed by atoms with van der Waals surface area (Å²) in [5, 5.41) is 0. The van der Waals surface area contributed by atoms with E-state index in [9.17, 15) is 9.59 Å². The SMILES string of the molecule is COc1cccc(CN2C[C@@]34C=C[C@@H](O3)C(C(=O)N(C)CC3CC(C)NN3)C4C2=O)c1. The molecule has 4 aliphatic rings. The molecule has 2 N–H and O–H groups in total. The minimum Gasteiger partial charge on any atom is -0.497 e. The number of likely N-dealkylation sites (N-methyl/N-ethyl adjacent to an activating group) is 1. The molecule has 0 aliphatic carbocycles. The molecule has 3 saturated heterocycles. The number of hydrogen-bond donors (Lipinski definition) is 2. The number of carbonyl (C=O) groups excluding carboxylic acids is 2. The third kappa shape index (κ3) is 3.43. The van der Waals surface area contributed by atoms with Crippen molar-refractivity contribution in [1.82, 2.24) is 20.7 Å². The van der Waals surface area contributed by atoms with Crippen LogP contribution in [-0.2, 0) is 20.9 Å². The van der Waals surface area contributed by atoms with Gasteiger partial charge in [-0.2, -0.15) is 0 Å². The zero-order valence-electron chi connectivity index (χ0n) is 18.2. The molecule has 4 aliphatic heterocycles. The number of rotatable bonds is 6. The first-order valence-electron chi connectivity index (χ1n) is 10.9. The summed E-state index contributed by atoms with van der Waals surface area (Å²) in [5.41, 5.74) is 6.74. The summed E-state index contributed by atoms with van der Waals surface area (Å²) >= 11 is 0. The minimum atomic E-state index is -0.691. The molecule has 1 aromatic rings. The summed E-state index contributed by atoms with van der Waals surface area (Å²) in [6, 6.07) is 8.31. The van der Waals surface area contributed by atoms with Gasteiger partial charge in [-0.3, -0.25) is 20.4 Å². The van der Waals surface area contributed by atoms with Crippen LogP contribution >= 0.6 is 0 Å². The third-order valence-electron chi connectivity index (χ3n) is 7.01. The maximum Gasteiger partial charge on any atom is 0.230 e. The highest BCUT2D eigenvalue weighted by Crippen LogP contribution is 2.52. The number of nitrogens with one attached hydrogen (secondary N) is 2. The van der Waals surface area contributed by atoms with Gasteiger partial charge in [0.1, 0.15) is 11.4 Å². The zero-order valence-corrected chi connectivity index (χ0v) is 18.2. The van der Waals surface area contributed by atoms with Crippen LogP contribution in [0.5, 0.6) is 5.75 Å². The largest absolute Gasteiger partial charge is 0.497 e. The first-order valence-corrected chi connectivity index (χ1v) is 10.9. The number of hydrazine groups is 1. The Morgan fingerprint density at radius 3 is 2.97 bits per heavy atom. The molecule has 8 heteroatoms. The number of nitrogens with zero attached hydrogens (tertiary/aromatic N) is 2. The van der Waals surface area contributed by atoms with Crippen molar-refractivity contribution in [1.29, 1.82) is 0 Å². The molecule has 6 atom stereocenters. The number of hydrogen-bond acceptors (Lipinski definition) is 6. The molecular weight excluding hydrogens is 396 g/mol. The van der Waals surface area contributed by atoms with E-state index in [1.165, 1.54) is 0 Å². The van der Waals surface area contributed by atoms with Gasteiger partial charge < -0.3 is 19.3 Å². The summed E-state index contributed by atoms with van der Waals surface area (Å²) in [7, 11) is 3.45. The lowest BCUT2D eigenvalue weighted by Crippen LogP contribution is -2.48. The molecule has 0 aromatic heterocycles. The molecule has 4 heterocycles. The molecule has 2 bridgehead atoms. The molecule has 4 unspecified atom stereocenters. The summed E-state index contributed by atoms with van der Waals surface area (Å²) in [6.45, 7) is 3.66. The van der Waals surface area contributed by atoms with Gasteiger partial charge in [0.25, 0.3) is 0 Å². The normalized spacial score (nSPS) is 35.6. The Balaban J connectivity index is 1.32. The zero-order chi connectivity index (χ0) is 21.8. The van der Waals surface area contributed by atoms with Gasteiger partial charge in [0.2, 0.25) is 11.8 Å². The minimum absolute atomic E-state index is 0.00398. The van der Waals surface area contributed by atoms with Crippen molar-refractivity contribution in [2.45, 2.75) is 43.7 Å². The Bertz CT molecular complexity index is 921. The van der Waals surface area contributed by atoms with Crippen LogP contribution in [0.2, 0.25) is 0 Å². The van der Waals surface area contributed by atoms with Crippen molar-refractivity contribution in [2.75, 3.05) is 27.2 Å². The van der Waals surface area contributed by atoms with Crippen molar-refractivity contribution in [3.63, 3.8) is 0 Å². The number of fused-ring (bicyclic) bond motifs is 1. The van der Waals surface area contributed by atoms with Crippen LogP contribution < -0.4 is 15.6 Å². The Morgan fingerprint density at radius 1 is 1.39 bits per heavy atom. The van der Waals surface area contributed by atoms with Crippen LogP contribution in [0.15, 0.2) is 36.4 Å². The van der Waals surface area contributed by atoms with E-state index in [2.05, 4.69) is 17.8 Å². The first kappa shape index (κ1) is 20.5. The number of amides is 2. The van der Waals surface area contributed by atoms with Gasteiger partial charge >= 0.3 is 0 Å². The topological polar surface area (TPSA) is 83.1 Å². The second-order valence-corrected chi connectivity index (χ2v) is 9.29. The number of likely N-dealkylation sites (tertiary alicyclic amines) is 1. The molecule has 166 valence electrons. The fourth-order valence-corrected chi connectivity index (χ4v) is 5.59. The van der Waals surface area contributed by atoms with E-state index in [0.29, 0.717) is 25.7 Å². The van der Waals surface area contributed by atoms with E-state index < -0.39 is 17.4 Å². The average molecular weight is 427 g/mol. The lowest BCUT2D eigenvalue weighted by molar-refractivity contribution is -0.142. The van der Waals surface area contributed by atoms with Gasteiger partial charge in [-0.1, -0.05) is 24.3 Å². The maximum absolute atomic E-state index is 13.4. The van der Waals surface area contributed by atoms with Gasteiger partial charge in [0, 0.05) is 32.2 Å². The van der Waals surface area contributed by atoms with Crippen LogP contribution in [-0.4, -0.2) is 72.6 Å². The Labute approximate surface area is 182 Å². The van der Waals surface area contributed by atoms with E-state index in [0.717, 1.165) is 17.7 Å². The van der Waals surface area contributed by atoms with Crippen LogP contribution in [0.1, 0.15) is 18.9 Å². The van der Waals surface area contributed by atoms with Gasteiger partial charge in [-0.15, -0.1) is 0 Å². The standard InChI is InChI=1S/C23H30N4O4/c1-14-9-16(25-24-14)12-26(2)21(28)19-18-7-8-23(31-18)13-27(22(29)20(19)23)11-15-5-4-6-17(10-15)30-3/h4-8,10,14,16,18-20,24-25H,9,11-13H2,1-3H3/t14?,16?,18-,19?,20?,23-/m1/s1. The molecule has 5 rings (SSSR count). The number of benzene rings is 1. The smallest absolute Gasteiger partial charge is 0.230 e. The summed E-state index contributed by atoms with van der Waals surface area (Å²) < 4.78 is 11.6.